The summed E-state index contributed by atoms with van der Waals surface area (Å²) in [6.07, 6.45) is 38.4. The van der Waals surface area contributed by atoms with Gasteiger partial charge < -0.3 is 0 Å². The van der Waals surface area contributed by atoms with Crippen LogP contribution in [0.15, 0.2) is 48.5 Å². The number of aryl methyl sites for hydroxylation is 2. The topological polar surface area (TPSA) is 35.5 Å². The minimum absolute atomic E-state index is 0.312. The third-order valence-electron chi connectivity index (χ3n) is 9.86. The Morgan fingerprint density at radius 1 is 0.354 bits per heavy atom. The van der Waals surface area contributed by atoms with Crippen molar-refractivity contribution in [3.63, 3.8) is 0 Å². The van der Waals surface area contributed by atoms with Crippen LogP contribution >= 0.6 is 8.25 Å². The molecule has 4 heteroatoms. The van der Waals surface area contributed by atoms with Crippen molar-refractivity contribution in [1.29, 1.82) is 0 Å². The van der Waals surface area contributed by atoms with Gasteiger partial charge in [0.1, 0.15) is 13.2 Å². The van der Waals surface area contributed by atoms with E-state index in [1.54, 1.807) is 0 Å². The van der Waals surface area contributed by atoms with E-state index in [9.17, 15) is 4.57 Å². The number of rotatable bonds is 34. The predicted molar refractivity (Wildman–Crippen MR) is 209 cm³/mol. The quantitative estimate of drug-likeness (QED) is 0.0545. The minimum Gasteiger partial charge on any atom is -0.114 e. The number of hydrogen-bond donors (Lipinski definition) is 0. The van der Waals surface area contributed by atoms with Crippen LogP contribution in [0, 0.1) is 0 Å². The van der Waals surface area contributed by atoms with Gasteiger partial charge in [-0.2, -0.15) is 0 Å². The van der Waals surface area contributed by atoms with Gasteiger partial charge in [0.25, 0.3) is 0 Å². The molecule has 2 aromatic rings. The van der Waals surface area contributed by atoms with Crippen LogP contribution in [-0.2, 0) is 39.7 Å². The van der Waals surface area contributed by atoms with Crippen LogP contribution in [0.4, 0.5) is 0 Å². The molecule has 0 amide bonds. The van der Waals surface area contributed by atoms with Gasteiger partial charge in [-0.1, -0.05) is 216 Å². The molecule has 2 rings (SSSR count). The maximum atomic E-state index is 12.3. The highest BCUT2D eigenvalue weighted by Gasteiger charge is 2.20. The summed E-state index contributed by atoms with van der Waals surface area (Å²) in [5.41, 5.74) is 4.82. The highest BCUT2D eigenvalue weighted by Crippen LogP contribution is 2.28. The van der Waals surface area contributed by atoms with Crippen molar-refractivity contribution in [2.24, 2.45) is 0 Å². The van der Waals surface area contributed by atoms with E-state index in [1.807, 2.05) is 0 Å². The van der Waals surface area contributed by atoms with E-state index in [2.05, 4.69) is 62.4 Å². The molecule has 0 saturated carbocycles. The molecule has 0 atom stereocenters. The smallest absolute Gasteiger partial charge is 0.114 e. The van der Waals surface area contributed by atoms with Crippen molar-refractivity contribution in [3.05, 3.63) is 70.8 Å². The lowest BCUT2D eigenvalue weighted by Crippen LogP contribution is -1.92. The number of unbranched alkanes of at least 4 members (excludes halogenated alkanes) is 24. The first-order valence-corrected chi connectivity index (χ1v) is 21.7. The average Bonchev–Trinajstić information content (AvgIpc) is 3.11. The number of hydrogen-bond acceptors (Lipinski definition) is 3. The standard InChI is InChI=1S/C44H74O3P/c1-3-5-7-9-11-13-15-17-19-21-23-25-27-29-41-31-35-43(36-32-41)39-46-48(45)47-40-44-37-33-42(34-38-44)30-28-26-24-22-20-18-16-14-12-10-8-6-4-2/h31-38H,3-30,39-40H2,1-2H3/q+1. The zero-order valence-electron chi connectivity index (χ0n) is 31.5. The zero-order chi connectivity index (χ0) is 34.2. The van der Waals surface area contributed by atoms with E-state index in [1.165, 1.54) is 178 Å². The van der Waals surface area contributed by atoms with E-state index < -0.39 is 8.25 Å². The van der Waals surface area contributed by atoms with Gasteiger partial charge in [-0.3, -0.25) is 0 Å². The molecule has 0 aromatic heterocycles. The lowest BCUT2D eigenvalue weighted by Gasteiger charge is -2.05. The van der Waals surface area contributed by atoms with Gasteiger partial charge >= 0.3 is 8.25 Å². The molecule has 48 heavy (non-hydrogen) atoms. The van der Waals surface area contributed by atoms with Gasteiger partial charge in [-0.05, 0) is 47.9 Å². The van der Waals surface area contributed by atoms with Crippen LogP contribution in [0.2, 0.25) is 0 Å². The normalized spacial score (nSPS) is 11.4. The van der Waals surface area contributed by atoms with E-state index in [0.717, 1.165) is 24.0 Å². The second-order valence-corrected chi connectivity index (χ2v) is 15.4. The van der Waals surface area contributed by atoms with Gasteiger partial charge in [0.2, 0.25) is 0 Å². The summed E-state index contributed by atoms with van der Waals surface area (Å²) in [6.45, 7) is 5.20. The third kappa shape index (κ3) is 24.6. The Bertz CT molecular complexity index is 908. The Kier molecular flexibility index (Phi) is 27.9. The highest BCUT2D eigenvalue weighted by atomic mass is 31.1. The molecule has 0 aliphatic heterocycles. The molecule has 0 aliphatic carbocycles. The molecular weight excluding hydrogens is 607 g/mol. The van der Waals surface area contributed by atoms with Crippen molar-refractivity contribution in [3.8, 4) is 0 Å². The van der Waals surface area contributed by atoms with Crippen LogP contribution < -0.4 is 0 Å². The van der Waals surface area contributed by atoms with E-state index >= 15 is 0 Å². The molecule has 0 N–H and O–H groups in total. The molecular formula is C44H74O3P+. The van der Waals surface area contributed by atoms with Crippen LogP contribution in [0.1, 0.15) is 203 Å². The predicted octanol–water partition coefficient (Wildman–Crippen LogP) is 15.3. The van der Waals surface area contributed by atoms with Crippen LogP contribution in [0.5, 0.6) is 0 Å². The molecule has 0 radical (unpaired) electrons. The molecule has 0 aliphatic rings. The molecule has 0 unspecified atom stereocenters. The fourth-order valence-electron chi connectivity index (χ4n) is 6.59. The van der Waals surface area contributed by atoms with Crippen molar-refractivity contribution >= 4 is 8.25 Å². The second-order valence-electron chi connectivity index (χ2n) is 14.4. The maximum Gasteiger partial charge on any atom is 0.698 e. The molecule has 0 fully saturated rings. The Morgan fingerprint density at radius 3 is 0.854 bits per heavy atom. The first-order valence-electron chi connectivity index (χ1n) is 20.6. The van der Waals surface area contributed by atoms with Crippen molar-refractivity contribution < 1.29 is 13.6 Å². The van der Waals surface area contributed by atoms with Gasteiger partial charge in [0, 0.05) is 4.57 Å². The summed E-state index contributed by atoms with van der Waals surface area (Å²) < 4.78 is 23.4. The minimum atomic E-state index is -2.14. The lowest BCUT2D eigenvalue weighted by atomic mass is 10.0. The summed E-state index contributed by atoms with van der Waals surface area (Å²) in [7, 11) is -2.14. The molecule has 0 bridgehead atoms. The first kappa shape index (κ1) is 42.6. The van der Waals surface area contributed by atoms with Crippen LogP contribution in [0.3, 0.4) is 0 Å². The van der Waals surface area contributed by atoms with Crippen molar-refractivity contribution in [1.82, 2.24) is 0 Å². The molecule has 0 heterocycles. The van der Waals surface area contributed by atoms with Crippen LogP contribution in [-0.4, -0.2) is 0 Å². The zero-order valence-corrected chi connectivity index (χ0v) is 32.4. The maximum absolute atomic E-state index is 12.3. The Balaban J connectivity index is 1.42. The van der Waals surface area contributed by atoms with Gasteiger partial charge in [0.05, 0.1) is 0 Å². The molecule has 3 nitrogen and oxygen atoms in total. The summed E-state index contributed by atoms with van der Waals surface area (Å²) in [5.74, 6) is 0. The van der Waals surface area contributed by atoms with Crippen LogP contribution in [0.25, 0.3) is 0 Å². The Labute approximate surface area is 298 Å². The average molecular weight is 682 g/mol. The number of benzene rings is 2. The fraction of sp³-hybridized carbons (Fsp3) is 0.727. The summed E-state index contributed by atoms with van der Waals surface area (Å²) >= 11 is 0. The first-order chi connectivity index (χ1) is 23.7. The largest absolute Gasteiger partial charge is 0.698 e. The Hall–Kier alpha value is -1.54. The van der Waals surface area contributed by atoms with E-state index in [-0.39, 0.29) is 0 Å². The Morgan fingerprint density at radius 2 is 0.583 bits per heavy atom. The fourth-order valence-corrected chi connectivity index (χ4v) is 7.17. The lowest BCUT2D eigenvalue weighted by molar-refractivity contribution is 0.213. The molecule has 0 spiro atoms. The molecule has 0 saturated heterocycles. The highest BCUT2D eigenvalue weighted by molar-refractivity contribution is 7.33. The summed E-state index contributed by atoms with van der Waals surface area (Å²) in [4.78, 5) is 0. The molecule has 2 aromatic carbocycles. The van der Waals surface area contributed by atoms with Crippen molar-refractivity contribution in [2.45, 2.75) is 207 Å². The summed E-state index contributed by atoms with van der Waals surface area (Å²) in [6, 6.07) is 17.1. The van der Waals surface area contributed by atoms with Crippen molar-refractivity contribution in [2.75, 3.05) is 0 Å². The van der Waals surface area contributed by atoms with E-state index in [0.29, 0.717) is 13.2 Å². The summed E-state index contributed by atoms with van der Waals surface area (Å²) in [5, 5.41) is 0. The van der Waals surface area contributed by atoms with E-state index in [4.69, 9.17) is 9.05 Å². The van der Waals surface area contributed by atoms with Gasteiger partial charge in [-0.25, -0.2) is 0 Å². The third-order valence-corrected chi connectivity index (χ3v) is 10.5. The van der Waals surface area contributed by atoms with Gasteiger partial charge in [0.15, 0.2) is 0 Å². The second kappa shape index (κ2) is 31.4. The SMILES string of the molecule is CCCCCCCCCCCCCCCc1ccc(CO[P+](=O)OCc2ccc(CCCCCCCCCCCCCCC)cc2)cc1. The van der Waals surface area contributed by atoms with Gasteiger partial charge in [-0.15, -0.1) is 9.05 Å². The monoisotopic (exact) mass is 682 g/mol. The molecule has 272 valence electrons.